The van der Waals surface area contributed by atoms with E-state index >= 15 is 0 Å². The second-order valence-electron chi connectivity index (χ2n) is 6.89. The first-order valence-electron chi connectivity index (χ1n) is 8.84. The normalized spacial score (nSPS) is 20.4. The van der Waals surface area contributed by atoms with E-state index in [1.54, 1.807) is 6.33 Å². The maximum Gasteiger partial charge on any atom is 0.311 e. The first-order valence-corrected chi connectivity index (χ1v) is 8.84. The minimum atomic E-state index is -0.772. The van der Waals surface area contributed by atoms with Crippen molar-refractivity contribution < 1.29 is 9.90 Å². The Labute approximate surface area is 151 Å². The highest BCUT2D eigenvalue weighted by Crippen LogP contribution is 2.37. The van der Waals surface area contributed by atoms with Gasteiger partial charge < -0.3 is 15.0 Å². The van der Waals surface area contributed by atoms with Crippen molar-refractivity contribution in [2.75, 3.05) is 18.0 Å². The number of carboxylic acid groups (broad SMARTS) is 1. The van der Waals surface area contributed by atoms with Crippen LogP contribution in [0.15, 0.2) is 43.0 Å². The van der Waals surface area contributed by atoms with E-state index in [1.807, 2.05) is 18.2 Å². The van der Waals surface area contributed by atoms with E-state index in [4.69, 9.17) is 0 Å². The van der Waals surface area contributed by atoms with Crippen molar-refractivity contribution in [3.63, 3.8) is 0 Å². The molecule has 0 bridgehead atoms. The number of anilines is 1. The number of nitrogens with zero attached hydrogens (tertiary/aromatic N) is 4. The molecular formula is C19H21N5O2. The summed E-state index contributed by atoms with van der Waals surface area (Å²) in [6.45, 7) is 1.23. The molecule has 3 heterocycles. The zero-order valence-corrected chi connectivity index (χ0v) is 14.4. The average molecular weight is 351 g/mol. The van der Waals surface area contributed by atoms with Crippen LogP contribution in [-0.4, -0.2) is 44.1 Å². The third-order valence-corrected chi connectivity index (χ3v) is 5.27. The van der Waals surface area contributed by atoms with Crippen LogP contribution in [0, 0.1) is 5.41 Å². The van der Waals surface area contributed by atoms with Gasteiger partial charge in [0, 0.05) is 13.1 Å². The third-order valence-electron chi connectivity index (χ3n) is 5.27. The molecule has 2 N–H and O–H groups in total. The molecule has 0 aliphatic carbocycles. The van der Waals surface area contributed by atoms with Crippen LogP contribution in [0.2, 0.25) is 0 Å². The molecule has 0 spiro atoms. The highest BCUT2D eigenvalue weighted by molar-refractivity contribution is 5.83. The minimum Gasteiger partial charge on any atom is -0.481 e. The van der Waals surface area contributed by atoms with E-state index < -0.39 is 11.4 Å². The number of imidazole rings is 1. The summed E-state index contributed by atoms with van der Waals surface area (Å²) in [6, 6.07) is 10.1. The Kier molecular flexibility index (Phi) is 4.28. The predicted octanol–water partition coefficient (Wildman–Crippen LogP) is 2.66. The molecule has 3 aromatic rings. The molecule has 1 aliphatic rings. The number of fused-ring (bicyclic) bond motifs is 1. The number of aromatic nitrogens is 4. The summed E-state index contributed by atoms with van der Waals surface area (Å²) in [5.74, 6) is 0.00516. The SMILES string of the molecule is O=C(O)C1(CCc2ccccc2)CCCN(c2ncnc3nc[nH]c23)C1. The summed E-state index contributed by atoms with van der Waals surface area (Å²) < 4.78 is 0. The highest BCUT2D eigenvalue weighted by Gasteiger charge is 2.42. The third kappa shape index (κ3) is 3.00. The summed E-state index contributed by atoms with van der Waals surface area (Å²) in [5.41, 5.74) is 1.76. The largest absolute Gasteiger partial charge is 0.481 e. The number of benzene rings is 1. The molecule has 1 fully saturated rings. The first-order chi connectivity index (χ1) is 12.7. The molecule has 26 heavy (non-hydrogen) atoms. The fourth-order valence-electron chi connectivity index (χ4n) is 3.82. The van der Waals surface area contributed by atoms with Gasteiger partial charge in [-0.3, -0.25) is 4.79 Å². The van der Waals surface area contributed by atoms with Crippen molar-refractivity contribution in [1.82, 2.24) is 19.9 Å². The molecule has 1 aromatic carbocycles. The number of aryl methyl sites for hydroxylation is 1. The van der Waals surface area contributed by atoms with Gasteiger partial charge in [0.2, 0.25) is 0 Å². The van der Waals surface area contributed by atoms with Crippen molar-refractivity contribution in [1.29, 1.82) is 0 Å². The lowest BCUT2D eigenvalue weighted by Gasteiger charge is -2.40. The van der Waals surface area contributed by atoms with Gasteiger partial charge in [-0.2, -0.15) is 0 Å². The highest BCUT2D eigenvalue weighted by atomic mass is 16.4. The van der Waals surface area contributed by atoms with E-state index in [2.05, 4.69) is 37.0 Å². The van der Waals surface area contributed by atoms with Crippen molar-refractivity contribution in [3.05, 3.63) is 48.5 Å². The number of nitrogens with one attached hydrogen (secondary N) is 1. The smallest absolute Gasteiger partial charge is 0.311 e. The van der Waals surface area contributed by atoms with E-state index in [1.165, 1.54) is 11.9 Å². The molecule has 1 unspecified atom stereocenters. The molecule has 7 heteroatoms. The maximum absolute atomic E-state index is 12.2. The fourth-order valence-corrected chi connectivity index (χ4v) is 3.82. The van der Waals surface area contributed by atoms with Crippen LogP contribution in [0.25, 0.3) is 11.2 Å². The van der Waals surface area contributed by atoms with E-state index in [-0.39, 0.29) is 0 Å². The second-order valence-corrected chi connectivity index (χ2v) is 6.89. The van der Waals surface area contributed by atoms with Gasteiger partial charge in [0.15, 0.2) is 11.5 Å². The Morgan fingerprint density at radius 2 is 2.08 bits per heavy atom. The molecule has 1 aliphatic heterocycles. The summed E-state index contributed by atoms with van der Waals surface area (Å²) >= 11 is 0. The van der Waals surface area contributed by atoms with Gasteiger partial charge in [-0.25, -0.2) is 15.0 Å². The van der Waals surface area contributed by atoms with Gasteiger partial charge in [0.25, 0.3) is 0 Å². The van der Waals surface area contributed by atoms with Gasteiger partial charge >= 0.3 is 5.97 Å². The quantitative estimate of drug-likeness (QED) is 0.734. The maximum atomic E-state index is 12.2. The van der Waals surface area contributed by atoms with Crippen molar-refractivity contribution in [2.45, 2.75) is 25.7 Å². The molecule has 0 saturated carbocycles. The molecule has 7 nitrogen and oxygen atoms in total. The standard InChI is InChI=1S/C19H21N5O2/c25-18(26)19(9-7-14-5-2-1-3-6-14)8-4-10-24(11-19)17-15-16(21-12-20-15)22-13-23-17/h1-3,5-6,12-13H,4,7-11H2,(H,25,26)(H,20,21,22,23). The number of hydrogen-bond donors (Lipinski definition) is 2. The lowest BCUT2D eigenvalue weighted by molar-refractivity contribution is -0.150. The van der Waals surface area contributed by atoms with E-state index in [0.29, 0.717) is 25.0 Å². The Balaban J connectivity index is 1.60. The van der Waals surface area contributed by atoms with Crippen molar-refractivity contribution >= 4 is 23.0 Å². The Hall–Kier alpha value is -2.96. The van der Waals surface area contributed by atoms with Crippen LogP contribution in [0.4, 0.5) is 5.82 Å². The van der Waals surface area contributed by atoms with Gasteiger partial charge in [0.1, 0.15) is 11.8 Å². The molecule has 134 valence electrons. The molecule has 4 rings (SSSR count). The number of carbonyl (C=O) groups is 1. The second kappa shape index (κ2) is 6.74. The summed E-state index contributed by atoms with van der Waals surface area (Å²) in [4.78, 5) is 30.1. The van der Waals surface area contributed by atoms with Crippen LogP contribution in [0.5, 0.6) is 0 Å². The zero-order valence-electron chi connectivity index (χ0n) is 14.4. The fraction of sp³-hybridized carbons (Fsp3) is 0.368. The number of H-pyrrole nitrogens is 1. The number of aliphatic carboxylic acids is 1. The van der Waals surface area contributed by atoms with E-state index in [0.717, 1.165) is 30.7 Å². The number of rotatable bonds is 5. The Morgan fingerprint density at radius 1 is 1.23 bits per heavy atom. The minimum absolute atomic E-state index is 0.445. The topological polar surface area (TPSA) is 95.0 Å². The molecule has 0 amide bonds. The van der Waals surface area contributed by atoms with Gasteiger partial charge in [0.05, 0.1) is 11.7 Å². The van der Waals surface area contributed by atoms with Gasteiger partial charge in [-0.1, -0.05) is 30.3 Å². The van der Waals surface area contributed by atoms with Crippen LogP contribution in [0.3, 0.4) is 0 Å². The lowest BCUT2D eigenvalue weighted by Crippen LogP contribution is -2.48. The summed E-state index contributed by atoms with van der Waals surface area (Å²) in [7, 11) is 0. The number of carboxylic acids is 1. The lowest BCUT2D eigenvalue weighted by atomic mass is 9.75. The summed E-state index contributed by atoms with van der Waals surface area (Å²) in [5, 5.41) is 10.0. The van der Waals surface area contributed by atoms with E-state index in [9.17, 15) is 9.90 Å². The molecule has 2 aromatic heterocycles. The number of hydrogen-bond acceptors (Lipinski definition) is 5. The molecular weight excluding hydrogens is 330 g/mol. The zero-order chi connectivity index (χ0) is 18.0. The van der Waals surface area contributed by atoms with Crippen LogP contribution in [0.1, 0.15) is 24.8 Å². The Morgan fingerprint density at radius 3 is 2.88 bits per heavy atom. The monoisotopic (exact) mass is 351 g/mol. The number of piperidine rings is 1. The van der Waals surface area contributed by atoms with Crippen molar-refractivity contribution in [2.24, 2.45) is 5.41 Å². The molecule has 1 atom stereocenters. The molecule has 1 saturated heterocycles. The van der Waals surface area contributed by atoms with Crippen LogP contribution >= 0.6 is 0 Å². The summed E-state index contributed by atoms with van der Waals surface area (Å²) in [6.07, 6.45) is 5.94. The van der Waals surface area contributed by atoms with Crippen LogP contribution in [-0.2, 0) is 11.2 Å². The molecule has 0 radical (unpaired) electrons. The van der Waals surface area contributed by atoms with Gasteiger partial charge in [-0.15, -0.1) is 0 Å². The Bertz CT molecular complexity index is 910. The van der Waals surface area contributed by atoms with Gasteiger partial charge in [-0.05, 0) is 31.2 Å². The predicted molar refractivity (Wildman–Crippen MR) is 98.0 cm³/mol. The van der Waals surface area contributed by atoms with Crippen molar-refractivity contribution in [3.8, 4) is 0 Å². The first kappa shape index (κ1) is 16.5. The number of aromatic amines is 1. The van der Waals surface area contributed by atoms with Crippen LogP contribution < -0.4 is 4.90 Å². The average Bonchev–Trinajstić information content (AvgIpc) is 3.16.